The molecule has 4 nitrogen and oxygen atoms in total. The molecule has 0 bridgehead atoms. The Hall–Kier alpha value is -2.49. The number of rotatable bonds is 3. The number of hydrogen-bond acceptors (Lipinski definition) is 3. The van der Waals surface area contributed by atoms with E-state index in [1.807, 2.05) is 35.2 Å². The van der Waals surface area contributed by atoms with Gasteiger partial charge in [0.25, 0.3) is 5.91 Å². The fourth-order valence-electron chi connectivity index (χ4n) is 2.77. The maximum Gasteiger partial charge on any atom is 0.254 e. The van der Waals surface area contributed by atoms with E-state index in [0.717, 1.165) is 18.7 Å². The molecule has 3 rings (SSSR count). The topological polar surface area (TPSA) is 38.8 Å². The highest BCUT2D eigenvalue weighted by Crippen LogP contribution is 2.25. The monoisotopic (exact) mass is 297 g/mol. The minimum absolute atomic E-state index is 0.0420. The lowest BCUT2D eigenvalue weighted by atomic mass is 9.99. The molecule has 0 unspecified atom stereocenters. The number of benzene rings is 2. The van der Waals surface area contributed by atoms with Crippen molar-refractivity contribution in [3.8, 4) is 11.5 Å². The summed E-state index contributed by atoms with van der Waals surface area (Å²) in [4.78, 5) is 14.5. The minimum Gasteiger partial charge on any atom is -0.497 e. The molecular formula is C18H19NO3. The van der Waals surface area contributed by atoms with E-state index in [4.69, 9.17) is 9.47 Å². The van der Waals surface area contributed by atoms with E-state index in [0.29, 0.717) is 17.9 Å². The van der Waals surface area contributed by atoms with Gasteiger partial charge in [-0.1, -0.05) is 12.1 Å². The number of hydrogen-bond donors (Lipinski definition) is 0. The third-order valence-electron chi connectivity index (χ3n) is 4.03. The molecule has 0 saturated heterocycles. The Bertz CT molecular complexity index is 696. The molecule has 2 aromatic carbocycles. The van der Waals surface area contributed by atoms with Crippen molar-refractivity contribution >= 4 is 5.91 Å². The number of ether oxygens (including phenoxy) is 2. The lowest BCUT2D eigenvalue weighted by Gasteiger charge is -2.29. The van der Waals surface area contributed by atoms with Gasteiger partial charge in [0, 0.05) is 18.7 Å². The summed E-state index contributed by atoms with van der Waals surface area (Å²) >= 11 is 0. The van der Waals surface area contributed by atoms with Crippen molar-refractivity contribution in [2.45, 2.75) is 13.0 Å². The first-order chi connectivity index (χ1) is 10.7. The Balaban J connectivity index is 1.80. The number of amides is 1. The normalized spacial score (nSPS) is 13.5. The highest BCUT2D eigenvalue weighted by atomic mass is 16.5. The molecule has 0 N–H and O–H groups in total. The van der Waals surface area contributed by atoms with Crippen LogP contribution >= 0.6 is 0 Å². The molecule has 0 atom stereocenters. The number of fused-ring (bicyclic) bond motifs is 1. The second-order valence-electron chi connectivity index (χ2n) is 5.34. The Morgan fingerprint density at radius 3 is 2.55 bits per heavy atom. The predicted molar refractivity (Wildman–Crippen MR) is 84.4 cm³/mol. The maximum atomic E-state index is 12.6. The standard InChI is InChI=1S/C18H19NO3/c1-21-16-5-3-4-14(11-16)18(20)19-9-8-13-10-17(22-2)7-6-15(13)12-19/h3-7,10-11H,8-9,12H2,1-2H3. The zero-order valence-electron chi connectivity index (χ0n) is 12.8. The lowest BCUT2D eigenvalue weighted by molar-refractivity contribution is 0.0734. The van der Waals surface area contributed by atoms with Crippen LogP contribution in [0, 0.1) is 0 Å². The van der Waals surface area contributed by atoms with E-state index in [-0.39, 0.29) is 5.91 Å². The molecule has 1 heterocycles. The second kappa shape index (κ2) is 6.10. The van der Waals surface area contributed by atoms with Gasteiger partial charge in [-0.2, -0.15) is 0 Å². The van der Waals surface area contributed by atoms with Crippen molar-refractivity contribution in [1.29, 1.82) is 0 Å². The summed E-state index contributed by atoms with van der Waals surface area (Å²) in [5.74, 6) is 1.61. The summed E-state index contributed by atoms with van der Waals surface area (Å²) in [6, 6.07) is 13.3. The highest BCUT2D eigenvalue weighted by molar-refractivity contribution is 5.94. The largest absolute Gasteiger partial charge is 0.497 e. The Morgan fingerprint density at radius 1 is 1.00 bits per heavy atom. The smallest absolute Gasteiger partial charge is 0.254 e. The van der Waals surface area contributed by atoms with E-state index >= 15 is 0 Å². The van der Waals surface area contributed by atoms with Gasteiger partial charge in [0.05, 0.1) is 14.2 Å². The number of nitrogens with zero attached hydrogens (tertiary/aromatic N) is 1. The van der Waals surface area contributed by atoms with Crippen molar-refractivity contribution in [2.75, 3.05) is 20.8 Å². The van der Waals surface area contributed by atoms with Gasteiger partial charge < -0.3 is 14.4 Å². The van der Waals surface area contributed by atoms with Crippen LogP contribution in [-0.4, -0.2) is 31.6 Å². The molecule has 0 aliphatic carbocycles. The van der Waals surface area contributed by atoms with E-state index in [2.05, 4.69) is 6.07 Å². The molecule has 114 valence electrons. The quantitative estimate of drug-likeness (QED) is 0.874. The fourth-order valence-corrected chi connectivity index (χ4v) is 2.77. The van der Waals surface area contributed by atoms with Gasteiger partial charge in [-0.05, 0) is 47.9 Å². The minimum atomic E-state index is 0.0420. The molecule has 4 heteroatoms. The van der Waals surface area contributed by atoms with E-state index in [1.165, 1.54) is 11.1 Å². The molecule has 0 aromatic heterocycles. The molecule has 1 amide bonds. The first kappa shape index (κ1) is 14.4. The van der Waals surface area contributed by atoms with Crippen LogP contribution in [0.15, 0.2) is 42.5 Å². The second-order valence-corrected chi connectivity index (χ2v) is 5.34. The zero-order valence-corrected chi connectivity index (χ0v) is 12.8. The van der Waals surface area contributed by atoms with Crippen molar-refractivity contribution < 1.29 is 14.3 Å². The van der Waals surface area contributed by atoms with Gasteiger partial charge in [0.2, 0.25) is 0 Å². The van der Waals surface area contributed by atoms with Gasteiger partial charge in [0.1, 0.15) is 11.5 Å². The van der Waals surface area contributed by atoms with Crippen LogP contribution in [0.3, 0.4) is 0 Å². The summed E-state index contributed by atoms with van der Waals surface area (Å²) in [6.45, 7) is 1.35. The highest BCUT2D eigenvalue weighted by Gasteiger charge is 2.22. The van der Waals surface area contributed by atoms with Crippen LogP contribution in [0.25, 0.3) is 0 Å². The average molecular weight is 297 g/mol. The van der Waals surface area contributed by atoms with Crippen LogP contribution in [0.5, 0.6) is 11.5 Å². The first-order valence-corrected chi connectivity index (χ1v) is 7.30. The molecule has 0 saturated carbocycles. The third kappa shape index (κ3) is 2.77. The van der Waals surface area contributed by atoms with Gasteiger partial charge in [-0.25, -0.2) is 0 Å². The van der Waals surface area contributed by atoms with E-state index in [9.17, 15) is 4.79 Å². The van der Waals surface area contributed by atoms with Crippen molar-refractivity contribution in [3.63, 3.8) is 0 Å². The van der Waals surface area contributed by atoms with Gasteiger partial charge in [-0.15, -0.1) is 0 Å². The van der Waals surface area contributed by atoms with Crippen molar-refractivity contribution in [3.05, 3.63) is 59.2 Å². The summed E-state index contributed by atoms with van der Waals surface area (Å²) in [7, 11) is 3.28. The molecule has 0 fully saturated rings. The number of methoxy groups -OCH3 is 2. The van der Waals surface area contributed by atoms with Crippen LogP contribution < -0.4 is 9.47 Å². The molecule has 22 heavy (non-hydrogen) atoms. The number of carbonyl (C=O) groups is 1. The average Bonchev–Trinajstić information content (AvgIpc) is 2.60. The first-order valence-electron chi connectivity index (χ1n) is 7.30. The predicted octanol–water partition coefficient (Wildman–Crippen LogP) is 2.90. The lowest BCUT2D eigenvalue weighted by Crippen LogP contribution is -2.35. The van der Waals surface area contributed by atoms with Crippen molar-refractivity contribution in [1.82, 2.24) is 4.90 Å². The molecular weight excluding hydrogens is 278 g/mol. The fraction of sp³-hybridized carbons (Fsp3) is 0.278. The zero-order chi connectivity index (χ0) is 15.5. The third-order valence-corrected chi connectivity index (χ3v) is 4.03. The van der Waals surface area contributed by atoms with Crippen LogP contribution in [-0.2, 0) is 13.0 Å². The molecule has 2 aromatic rings. The Labute approximate surface area is 130 Å². The Morgan fingerprint density at radius 2 is 1.77 bits per heavy atom. The summed E-state index contributed by atoms with van der Waals surface area (Å²) in [6.07, 6.45) is 0.849. The van der Waals surface area contributed by atoms with Gasteiger partial charge in [-0.3, -0.25) is 4.79 Å². The summed E-state index contributed by atoms with van der Waals surface area (Å²) < 4.78 is 10.4. The summed E-state index contributed by atoms with van der Waals surface area (Å²) in [5.41, 5.74) is 3.11. The van der Waals surface area contributed by atoms with E-state index < -0.39 is 0 Å². The maximum absolute atomic E-state index is 12.6. The number of carbonyl (C=O) groups excluding carboxylic acids is 1. The molecule has 1 aliphatic heterocycles. The van der Waals surface area contributed by atoms with Crippen LogP contribution in [0.4, 0.5) is 0 Å². The molecule has 0 radical (unpaired) electrons. The Kier molecular flexibility index (Phi) is 4.00. The molecule has 1 aliphatic rings. The van der Waals surface area contributed by atoms with E-state index in [1.54, 1.807) is 20.3 Å². The molecule has 0 spiro atoms. The van der Waals surface area contributed by atoms with Crippen molar-refractivity contribution in [2.24, 2.45) is 0 Å². The van der Waals surface area contributed by atoms with Crippen LogP contribution in [0.1, 0.15) is 21.5 Å². The van der Waals surface area contributed by atoms with Crippen LogP contribution in [0.2, 0.25) is 0 Å². The van der Waals surface area contributed by atoms with Gasteiger partial charge in [0.15, 0.2) is 0 Å². The summed E-state index contributed by atoms with van der Waals surface area (Å²) in [5, 5.41) is 0. The SMILES string of the molecule is COc1cccc(C(=O)N2CCc3cc(OC)ccc3C2)c1. The van der Waals surface area contributed by atoms with Gasteiger partial charge >= 0.3 is 0 Å².